The molecule has 0 aliphatic carbocycles. The van der Waals surface area contributed by atoms with Crippen LogP contribution in [0.1, 0.15) is 23.2 Å². The maximum atomic E-state index is 13.2. The molecule has 5 nitrogen and oxygen atoms in total. The van der Waals surface area contributed by atoms with Gasteiger partial charge in [0.2, 0.25) is 0 Å². The Bertz CT molecular complexity index is 791. The number of carbonyl (C=O) groups is 1. The van der Waals surface area contributed by atoms with Crippen LogP contribution in [0.2, 0.25) is 0 Å². The minimum Gasteiger partial charge on any atom is -0.497 e. The third kappa shape index (κ3) is 5.01. The highest BCUT2D eigenvalue weighted by molar-refractivity contribution is 6.06. The second-order valence-electron chi connectivity index (χ2n) is 6.74. The first-order valence-electron chi connectivity index (χ1n) is 9.04. The van der Waals surface area contributed by atoms with Gasteiger partial charge in [0.15, 0.2) is 0 Å². The lowest BCUT2D eigenvalue weighted by molar-refractivity contribution is -0.147. The van der Waals surface area contributed by atoms with Gasteiger partial charge in [-0.2, -0.15) is 13.2 Å². The van der Waals surface area contributed by atoms with Crippen molar-refractivity contribution in [3.05, 3.63) is 54.4 Å². The first kappa shape index (κ1) is 20.1. The molecule has 28 heavy (non-hydrogen) atoms. The van der Waals surface area contributed by atoms with Crippen molar-refractivity contribution in [2.24, 2.45) is 0 Å². The number of hydrogen-bond donors (Lipinski definition) is 0. The van der Waals surface area contributed by atoms with Gasteiger partial charge in [-0.1, -0.05) is 6.07 Å². The lowest BCUT2D eigenvalue weighted by Gasteiger charge is -2.38. The molecule has 1 amide bonds. The maximum absolute atomic E-state index is 13.2. The number of halogens is 3. The highest BCUT2D eigenvalue weighted by atomic mass is 19.4. The van der Waals surface area contributed by atoms with Crippen molar-refractivity contribution < 1.29 is 22.7 Å². The maximum Gasteiger partial charge on any atom is 0.401 e. The second kappa shape index (κ2) is 8.60. The van der Waals surface area contributed by atoms with Gasteiger partial charge in [0.05, 0.1) is 19.2 Å². The van der Waals surface area contributed by atoms with Crippen LogP contribution in [0, 0.1) is 0 Å². The average Bonchev–Trinajstić information content (AvgIpc) is 2.69. The van der Waals surface area contributed by atoms with Crippen LogP contribution in [0.5, 0.6) is 5.75 Å². The summed E-state index contributed by atoms with van der Waals surface area (Å²) in [5, 5.41) is 0. The fourth-order valence-corrected chi connectivity index (χ4v) is 3.47. The number of amides is 1. The lowest BCUT2D eigenvalue weighted by Crippen LogP contribution is -2.49. The van der Waals surface area contributed by atoms with Crippen molar-refractivity contribution in [2.45, 2.75) is 25.1 Å². The van der Waals surface area contributed by atoms with Gasteiger partial charge in [0.1, 0.15) is 5.75 Å². The quantitative estimate of drug-likeness (QED) is 0.776. The molecule has 8 heteroatoms. The zero-order valence-electron chi connectivity index (χ0n) is 15.5. The van der Waals surface area contributed by atoms with E-state index in [0.717, 1.165) is 0 Å². The fourth-order valence-electron chi connectivity index (χ4n) is 3.47. The zero-order valence-corrected chi connectivity index (χ0v) is 15.5. The van der Waals surface area contributed by atoms with Crippen LogP contribution < -0.4 is 9.64 Å². The molecule has 0 atom stereocenters. The molecular formula is C20H22F3N3O2. The number of piperidine rings is 1. The molecule has 0 N–H and O–H groups in total. The third-order valence-electron chi connectivity index (χ3n) is 4.78. The van der Waals surface area contributed by atoms with Crippen molar-refractivity contribution in [1.29, 1.82) is 0 Å². The van der Waals surface area contributed by atoms with Gasteiger partial charge in [-0.15, -0.1) is 0 Å². The molecule has 1 aliphatic rings. The van der Waals surface area contributed by atoms with Crippen LogP contribution in [0.25, 0.3) is 0 Å². The normalized spacial score (nSPS) is 16.0. The highest BCUT2D eigenvalue weighted by Gasteiger charge is 2.35. The van der Waals surface area contributed by atoms with Gasteiger partial charge < -0.3 is 9.64 Å². The summed E-state index contributed by atoms with van der Waals surface area (Å²) < 4.78 is 43.3. The van der Waals surface area contributed by atoms with Crippen LogP contribution in [0.3, 0.4) is 0 Å². The molecule has 3 rings (SSSR count). The molecule has 0 saturated carbocycles. The van der Waals surface area contributed by atoms with Crippen LogP contribution in [-0.4, -0.2) is 54.8 Å². The summed E-state index contributed by atoms with van der Waals surface area (Å²) in [6.07, 6.45) is -0.222. The fraction of sp³-hybridized carbons (Fsp3) is 0.400. The minimum absolute atomic E-state index is 0.204. The van der Waals surface area contributed by atoms with E-state index in [0.29, 0.717) is 29.8 Å². The number of alkyl halides is 3. The number of pyridine rings is 1. The predicted octanol–water partition coefficient (Wildman–Crippen LogP) is 3.76. The second-order valence-corrected chi connectivity index (χ2v) is 6.74. The molecule has 0 unspecified atom stereocenters. The summed E-state index contributed by atoms with van der Waals surface area (Å²) in [4.78, 5) is 20.3. The molecule has 2 aromatic rings. The molecule has 0 spiro atoms. The van der Waals surface area contributed by atoms with E-state index in [1.165, 1.54) is 11.1 Å². The number of methoxy groups -OCH3 is 1. The Balaban J connectivity index is 1.84. The molecule has 150 valence electrons. The minimum atomic E-state index is -4.22. The highest BCUT2D eigenvalue weighted by Crippen LogP contribution is 2.29. The van der Waals surface area contributed by atoms with Crippen LogP contribution in [-0.2, 0) is 0 Å². The standard InChI is InChI=1S/C20H22F3N3O2/c1-28-18-6-2-5-17(12-18)26(19(27)15-4-3-9-24-13-15)16-7-10-25(11-8-16)14-20(21,22)23/h2-6,9,12-13,16H,7-8,10-11,14H2,1H3. The zero-order chi connectivity index (χ0) is 20.1. The third-order valence-corrected chi connectivity index (χ3v) is 4.78. The Morgan fingerprint density at radius 1 is 1.25 bits per heavy atom. The molecule has 1 aliphatic heterocycles. The predicted molar refractivity (Wildman–Crippen MR) is 99.6 cm³/mol. The van der Waals surface area contributed by atoms with Crippen LogP contribution in [0.15, 0.2) is 48.8 Å². The molecule has 1 saturated heterocycles. The van der Waals surface area contributed by atoms with E-state index in [1.807, 2.05) is 0 Å². The Morgan fingerprint density at radius 3 is 2.61 bits per heavy atom. The van der Waals surface area contributed by atoms with E-state index >= 15 is 0 Å². The number of aromatic nitrogens is 1. The topological polar surface area (TPSA) is 45.7 Å². The number of rotatable bonds is 5. The molecule has 2 heterocycles. The summed E-state index contributed by atoms with van der Waals surface area (Å²) in [6.45, 7) is -0.356. The van der Waals surface area contributed by atoms with Gasteiger partial charge in [-0.05, 0) is 37.1 Å². The number of anilines is 1. The SMILES string of the molecule is COc1cccc(N(C(=O)c2cccnc2)C2CCN(CC(F)(F)F)CC2)c1. The monoisotopic (exact) mass is 393 g/mol. The van der Waals surface area contributed by atoms with Gasteiger partial charge in [-0.3, -0.25) is 14.7 Å². The Kier molecular flexibility index (Phi) is 6.18. The summed E-state index contributed by atoms with van der Waals surface area (Å²) in [6, 6.07) is 10.3. The van der Waals surface area contributed by atoms with Crippen molar-refractivity contribution >= 4 is 11.6 Å². The number of likely N-dealkylation sites (tertiary alicyclic amines) is 1. The van der Waals surface area contributed by atoms with Gasteiger partial charge in [-0.25, -0.2) is 0 Å². The van der Waals surface area contributed by atoms with E-state index < -0.39 is 12.7 Å². The number of carbonyl (C=O) groups excluding carboxylic acids is 1. The van der Waals surface area contributed by atoms with Gasteiger partial charge in [0.25, 0.3) is 5.91 Å². The van der Waals surface area contributed by atoms with Crippen LogP contribution >= 0.6 is 0 Å². The van der Waals surface area contributed by atoms with Gasteiger partial charge >= 0.3 is 6.18 Å². The van der Waals surface area contributed by atoms with E-state index in [1.54, 1.807) is 54.6 Å². The summed E-state index contributed by atoms with van der Waals surface area (Å²) in [5.74, 6) is 0.381. The Morgan fingerprint density at radius 2 is 2.00 bits per heavy atom. The van der Waals surface area contributed by atoms with E-state index in [2.05, 4.69) is 4.98 Å². The first-order chi connectivity index (χ1) is 13.4. The molecule has 1 aromatic heterocycles. The smallest absolute Gasteiger partial charge is 0.401 e. The average molecular weight is 393 g/mol. The number of nitrogens with zero attached hydrogens (tertiary/aromatic N) is 3. The van der Waals surface area contributed by atoms with Crippen LogP contribution in [0.4, 0.5) is 18.9 Å². The molecule has 1 fully saturated rings. The Labute approximate surface area is 161 Å². The Hall–Kier alpha value is -2.61. The summed E-state index contributed by atoms with van der Waals surface area (Å²) in [7, 11) is 1.54. The van der Waals surface area contributed by atoms with Crippen molar-refractivity contribution in [3.63, 3.8) is 0 Å². The number of hydrogen-bond acceptors (Lipinski definition) is 4. The molecular weight excluding hydrogens is 371 g/mol. The largest absolute Gasteiger partial charge is 0.497 e. The molecule has 1 aromatic carbocycles. The summed E-state index contributed by atoms with van der Waals surface area (Å²) >= 11 is 0. The van der Waals surface area contributed by atoms with Crippen molar-refractivity contribution in [1.82, 2.24) is 9.88 Å². The summed E-state index contributed by atoms with van der Waals surface area (Å²) in [5.41, 5.74) is 1.09. The van der Waals surface area contributed by atoms with E-state index in [4.69, 9.17) is 4.74 Å². The molecule has 0 radical (unpaired) electrons. The van der Waals surface area contributed by atoms with E-state index in [9.17, 15) is 18.0 Å². The molecule has 0 bridgehead atoms. The lowest BCUT2D eigenvalue weighted by atomic mass is 10.0. The van der Waals surface area contributed by atoms with Crippen molar-refractivity contribution in [2.75, 3.05) is 31.6 Å². The number of ether oxygens (including phenoxy) is 1. The van der Waals surface area contributed by atoms with Gasteiger partial charge in [0, 0.05) is 43.3 Å². The number of benzene rings is 1. The van der Waals surface area contributed by atoms with Crippen molar-refractivity contribution in [3.8, 4) is 5.75 Å². The van der Waals surface area contributed by atoms with E-state index in [-0.39, 0.29) is 25.0 Å². The first-order valence-corrected chi connectivity index (χ1v) is 9.04.